The van der Waals surface area contributed by atoms with E-state index in [0.29, 0.717) is 11.5 Å². The molecule has 1 saturated heterocycles. The Balaban J connectivity index is 2.47. The molecule has 0 aromatic carbocycles. The van der Waals surface area contributed by atoms with E-state index >= 15 is 0 Å². The molecule has 1 atom stereocenters. The Bertz CT molecular complexity index is 173. The molecular formula is C7H12N2OS. The molecule has 1 aliphatic heterocycles. The molecule has 11 heavy (non-hydrogen) atoms. The molecule has 2 N–H and O–H groups in total. The number of carbonyl (C=O) groups is 1. The van der Waals surface area contributed by atoms with Gasteiger partial charge in [-0.05, 0) is 6.42 Å². The van der Waals surface area contributed by atoms with Crippen molar-refractivity contribution in [3.05, 3.63) is 0 Å². The van der Waals surface area contributed by atoms with E-state index in [9.17, 15) is 4.79 Å². The minimum atomic E-state index is 0.115. The summed E-state index contributed by atoms with van der Waals surface area (Å²) >= 11 is 4.83. The summed E-state index contributed by atoms with van der Waals surface area (Å²) in [5.74, 6) is 0.359. The van der Waals surface area contributed by atoms with Gasteiger partial charge in [-0.2, -0.15) is 0 Å². The average molecular weight is 172 g/mol. The molecule has 0 bridgehead atoms. The van der Waals surface area contributed by atoms with Gasteiger partial charge < -0.3 is 10.6 Å². The third-order valence-electron chi connectivity index (χ3n) is 2.04. The van der Waals surface area contributed by atoms with Gasteiger partial charge in [0.25, 0.3) is 0 Å². The van der Waals surface area contributed by atoms with Crippen LogP contribution in [0.25, 0.3) is 0 Å². The zero-order valence-electron chi connectivity index (χ0n) is 6.54. The van der Waals surface area contributed by atoms with E-state index in [-0.39, 0.29) is 11.8 Å². The summed E-state index contributed by atoms with van der Waals surface area (Å²) in [6.07, 6.45) is 0.926. The van der Waals surface area contributed by atoms with Gasteiger partial charge in [-0.3, -0.25) is 4.79 Å². The van der Waals surface area contributed by atoms with Gasteiger partial charge in [-0.1, -0.05) is 12.2 Å². The van der Waals surface area contributed by atoms with Crippen molar-refractivity contribution in [1.29, 1.82) is 0 Å². The third-order valence-corrected chi connectivity index (χ3v) is 2.37. The number of amides is 1. The highest BCUT2D eigenvalue weighted by Gasteiger charge is 2.25. The molecule has 1 rings (SSSR count). The summed E-state index contributed by atoms with van der Waals surface area (Å²) in [5.41, 5.74) is 5.45. The van der Waals surface area contributed by atoms with Crippen LogP contribution in [0.1, 0.15) is 13.3 Å². The molecule has 3 nitrogen and oxygen atoms in total. The van der Waals surface area contributed by atoms with Crippen molar-refractivity contribution in [3.63, 3.8) is 0 Å². The van der Waals surface area contributed by atoms with Gasteiger partial charge in [0.1, 0.15) is 0 Å². The van der Waals surface area contributed by atoms with Crippen LogP contribution >= 0.6 is 12.2 Å². The highest BCUT2D eigenvalue weighted by Crippen LogP contribution is 2.15. The molecule has 0 spiro atoms. The Morgan fingerprint density at radius 1 is 1.73 bits per heavy atom. The van der Waals surface area contributed by atoms with E-state index in [4.69, 9.17) is 18.0 Å². The molecule has 1 amide bonds. The normalized spacial score (nSPS) is 23.7. The smallest absolute Gasteiger partial charge is 0.219 e. The molecule has 0 saturated carbocycles. The summed E-state index contributed by atoms with van der Waals surface area (Å²) < 4.78 is 0. The Kier molecular flexibility index (Phi) is 2.44. The molecule has 0 aliphatic carbocycles. The topological polar surface area (TPSA) is 46.3 Å². The number of rotatable bonds is 1. The van der Waals surface area contributed by atoms with Crippen molar-refractivity contribution in [1.82, 2.24) is 4.90 Å². The van der Waals surface area contributed by atoms with Crippen molar-refractivity contribution < 1.29 is 4.79 Å². The first-order valence-electron chi connectivity index (χ1n) is 3.66. The summed E-state index contributed by atoms with van der Waals surface area (Å²) in [4.78, 5) is 13.2. The maximum absolute atomic E-state index is 10.9. The zero-order valence-corrected chi connectivity index (χ0v) is 7.36. The number of hydrogen-bond acceptors (Lipinski definition) is 2. The fourth-order valence-corrected chi connectivity index (χ4v) is 1.47. The SMILES string of the molecule is CC(=O)N1CC[C@H](C(N)=S)C1. The number of likely N-dealkylation sites (tertiary alicyclic amines) is 1. The Morgan fingerprint density at radius 3 is 2.64 bits per heavy atom. The number of hydrogen-bond donors (Lipinski definition) is 1. The van der Waals surface area contributed by atoms with Crippen LogP contribution in [0.5, 0.6) is 0 Å². The lowest BCUT2D eigenvalue weighted by Gasteiger charge is -2.12. The first kappa shape index (κ1) is 8.46. The van der Waals surface area contributed by atoms with Gasteiger partial charge >= 0.3 is 0 Å². The van der Waals surface area contributed by atoms with E-state index < -0.39 is 0 Å². The van der Waals surface area contributed by atoms with Crippen LogP contribution in [0, 0.1) is 5.92 Å². The van der Waals surface area contributed by atoms with Gasteiger partial charge in [0, 0.05) is 25.9 Å². The lowest BCUT2D eigenvalue weighted by molar-refractivity contribution is -0.127. The van der Waals surface area contributed by atoms with E-state index in [1.807, 2.05) is 0 Å². The van der Waals surface area contributed by atoms with E-state index in [1.54, 1.807) is 11.8 Å². The maximum atomic E-state index is 10.9. The minimum absolute atomic E-state index is 0.115. The fourth-order valence-electron chi connectivity index (χ4n) is 1.28. The Hall–Kier alpha value is -0.640. The predicted molar refractivity (Wildman–Crippen MR) is 47.1 cm³/mol. The zero-order chi connectivity index (χ0) is 8.43. The molecule has 1 fully saturated rings. The fraction of sp³-hybridized carbons (Fsp3) is 0.714. The van der Waals surface area contributed by atoms with Crippen molar-refractivity contribution in [2.75, 3.05) is 13.1 Å². The Morgan fingerprint density at radius 2 is 2.36 bits per heavy atom. The molecule has 4 heteroatoms. The van der Waals surface area contributed by atoms with E-state index in [1.165, 1.54) is 0 Å². The van der Waals surface area contributed by atoms with Crippen molar-refractivity contribution in [2.24, 2.45) is 11.7 Å². The van der Waals surface area contributed by atoms with Gasteiger partial charge in [0.05, 0.1) is 4.99 Å². The summed E-state index contributed by atoms with van der Waals surface area (Å²) in [6.45, 7) is 3.09. The largest absolute Gasteiger partial charge is 0.393 e. The first-order chi connectivity index (χ1) is 5.11. The lowest BCUT2D eigenvalue weighted by atomic mass is 10.1. The molecule has 0 radical (unpaired) electrons. The van der Waals surface area contributed by atoms with Crippen molar-refractivity contribution in [2.45, 2.75) is 13.3 Å². The molecule has 0 aromatic heterocycles. The molecule has 62 valence electrons. The molecule has 1 heterocycles. The van der Waals surface area contributed by atoms with Crippen LogP contribution in [0.2, 0.25) is 0 Å². The van der Waals surface area contributed by atoms with E-state index in [0.717, 1.165) is 13.0 Å². The van der Waals surface area contributed by atoms with E-state index in [2.05, 4.69) is 0 Å². The second-order valence-electron chi connectivity index (χ2n) is 2.85. The second kappa shape index (κ2) is 3.17. The number of nitrogens with zero attached hydrogens (tertiary/aromatic N) is 1. The standard InChI is InChI=1S/C7H12N2OS/c1-5(10)9-3-2-6(4-9)7(8)11/h6H,2-4H2,1H3,(H2,8,11)/t6-/m0/s1. The Labute approximate surface area is 71.5 Å². The van der Waals surface area contributed by atoms with Crippen molar-refractivity contribution in [3.8, 4) is 0 Å². The second-order valence-corrected chi connectivity index (χ2v) is 3.32. The van der Waals surface area contributed by atoms with Gasteiger partial charge in [-0.25, -0.2) is 0 Å². The van der Waals surface area contributed by atoms with Crippen LogP contribution in [0.4, 0.5) is 0 Å². The average Bonchev–Trinajstić information content (AvgIpc) is 2.33. The van der Waals surface area contributed by atoms with Crippen LogP contribution in [-0.4, -0.2) is 28.9 Å². The first-order valence-corrected chi connectivity index (χ1v) is 4.07. The summed E-state index contributed by atoms with van der Waals surface area (Å²) in [5, 5.41) is 0. The minimum Gasteiger partial charge on any atom is -0.393 e. The van der Waals surface area contributed by atoms with Gasteiger partial charge in [0.2, 0.25) is 5.91 Å². The van der Waals surface area contributed by atoms with Crippen LogP contribution < -0.4 is 5.73 Å². The predicted octanol–water partition coefficient (Wildman–Crippen LogP) is 0.141. The molecular weight excluding hydrogens is 160 g/mol. The molecule has 0 unspecified atom stereocenters. The molecule has 0 aromatic rings. The van der Waals surface area contributed by atoms with Gasteiger partial charge in [0.15, 0.2) is 0 Å². The third kappa shape index (κ3) is 1.89. The number of thiocarbonyl (C=S) groups is 1. The van der Waals surface area contributed by atoms with Crippen molar-refractivity contribution >= 4 is 23.1 Å². The summed E-state index contributed by atoms with van der Waals surface area (Å²) in [7, 11) is 0. The summed E-state index contributed by atoms with van der Waals surface area (Å²) in [6, 6.07) is 0. The van der Waals surface area contributed by atoms with Gasteiger partial charge in [-0.15, -0.1) is 0 Å². The van der Waals surface area contributed by atoms with Crippen LogP contribution in [-0.2, 0) is 4.79 Å². The quantitative estimate of drug-likeness (QED) is 0.572. The van der Waals surface area contributed by atoms with Crippen LogP contribution in [0.15, 0.2) is 0 Å². The number of nitrogens with two attached hydrogens (primary N) is 1. The van der Waals surface area contributed by atoms with Crippen LogP contribution in [0.3, 0.4) is 0 Å². The lowest BCUT2D eigenvalue weighted by Crippen LogP contribution is -2.29. The number of carbonyl (C=O) groups excluding carboxylic acids is 1. The highest BCUT2D eigenvalue weighted by atomic mass is 32.1. The maximum Gasteiger partial charge on any atom is 0.219 e. The molecule has 1 aliphatic rings. The monoisotopic (exact) mass is 172 g/mol. The highest BCUT2D eigenvalue weighted by molar-refractivity contribution is 7.80.